The van der Waals surface area contributed by atoms with Gasteiger partial charge in [-0.05, 0) is 98.9 Å². The van der Waals surface area contributed by atoms with Crippen LogP contribution in [0.15, 0.2) is 198 Å². The van der Waals surface area contributed by atoms with Gasteiger partial charge in [-0.15, -0.1) is 0 Å². The lowest BCUT2D eigenvalue weighted by Crippen LogP contribution is -2.17. The maximum Gasteiger partial charge on any atom is 0.155 e. The Bertz CT molecular complexity index is 2940. The average molecular weight is 773 g/mol. The number of amidine groups is 1. The molecule has 288 valence electrons. The summed E-state index contributed by atoms with van der Waals surface area (Å²) in [5.74, 6) is 3.35. The predicted octanol–water partition coefficient (Wildman–Crippen LogP) is 12.7. The minimum absolute atomic E-state index is 0.0167. The summed E-state index contributed by atoms with van der Waals surface area (Å²) in [4.78, 5) is 20.5. The number of aromatic nitrogens is 2. The van der Waals surface area contributed by atoms with E-state index >= 15 is 0 Å². The van der Waals surface area contributed by atoms with Gasteiger partial charge >= 0.3 is 0 Å². The molecule has 0 radical (unpaired) electrons. The highest BCUT2D eigenvalue weighted by atomic mass is 15.0. The Morgan fingerprint density at radius 2 is 1.42 bits per heavy atom. The van der Waals surface area contributed by atoms with E-state index in [-0.39, 0.29) is 6.04 Å². The Balaban J connectivity index is 0.770. The highest BCUT2D eigenvalue weighted by Crippen LogP contribution is 2.57. The summed E-state index contributed by atoms with van der Waals surface area (Å²) in [6, 6.07) is 41.7. The first-order valence-corrected chi connectivity index (χ1v) is 21.6. The molecule has 2 aromatic heterocycles. The van der Waals surface area contributed by atoms with Crippen LogP contribution in [-0.2, 0) is 6.42 Å². The fourth-order valence-corrected chi connectivity index (χ4v) is 10.4. The number of aliphatic imine (C=N–C) groups is 2. The molecule has 1 fully saturated rings. The zero-order valence-corrected chi connectivity index (χ0v) is 33.4. The number of fused-ring (bicyclic) bond motifs is 6. The number of allylic oxidation sites excluding steroid dienone is 12. The second-order valence-corrected chi connectivity index (χ2v) is 17.1. The lowest BCUT2D eigenvalue weighted by molar-refractivity contribution is 0.750. The van der Waals surface area contributed by atoms with E-state index in [9.17, 15) is 0 Å². The number of nitrogens with zero attached hydrogens (tertiary/aromatic N) is 4. The molecule has 3 heterocycles. The minimum atomic E-state index is 0.0167. The first kappa shape index (κ1) is 35.2. The van der Waals surface area contributed by atoms with Crippen LogP contribution < -0.4 is 0 Å². The standard InChI is InChI=1S/C56H44N4/c1-2-10-38(11-3-1)50-34-51(60-56(59-50)41-29-25-39(26-30-41)52-46-16-6-7-17-47(46)52)44-14-8-13-42(32-44)37-21-19-35(20-22-37)36-23-27-40(28-24-36)54-48-33-43-12-4-5-15-45(43)53(48)55-49(58-54)18-9-31-57-55/h1-21,23,25-32,36-37,46-47,50,52H,22,24,33-34H2. The van der Waals surface area contributed by atoms with Crippen LogP contribution in [0.4, 0.5) is 0 Å². The molecule has 1 saturated carbocycles. The van der Waals surface area contributed by atoms with Crippen LogP contribution >= 0.6 is 0 Å². The van der Waals surface area contributed by atoms with E-state index in [1.807, 2.05) is 12.3 Å². The zero-order chi connectivity index (χ0) is 39.6. The van der Waals surface area contributed by atoms with Crippen LogP contribution in [0.25, 0.3) is 27.7 Å². The smallest absolute Gasteiger partial charge is 0.155 e. The largest absolute Gasteiger partial charge is 0.258 e. The maximum atomic E-state index is 5.29. The van der Waals surface area contributed by atoms with Crippen LogP contribution in [0.5, 0.6) is 0 Å². The molecule has 0 amide bonds. The monoisotopic (exact) mass is 772 g/mol. The Morgan fingerprint density at radius 3 is 2.23 bits per heavy atom. The Labute approximate surface area is 351 Å². The molecule has 6 aromatic rings. The van der Waals surface area contributed by atoms with Crippen molar-refractivity contribution in [3.8, 4) is 11.1 Å². The molecule has 4 heteroatoms. The van der Waals surface area contributed by atoms with E-state index in [1.54, 1.807) is 0 Å². The third-order valence-corrected chi connectivity index (χ3v) is 13.6. The molecule has 0 spiro atoms. The van der Waals surface area contributed by atoms with Crippen molar-refractivity contribution in [2.75, 3.05) is 0 Å². The van der Waals surface area contributed by atoms with Gasteiger partial charge in [0, 0.05) is 42.0 Å². The van der Waals surface area contributed by atoms with Crippen LogP contribution in [0, 0.1) is 17.8 Å². The third-order valence-electron chi connectivity index (χ3n) is 13.6. The number of rotatable bonds is 7. The lowest BCUT2D eigenvalue weighted by atomic mass is 9.82. The zero-order valence-electron chi connectivity index (χ0n) is 33.4. The fourth-order valence-electron chi connectivity index (χ4n) is 10.4. The topological polar surface area (TPSA) is 50.5 Å². The molecule has 5 atom stereocenters. The van der Waals surface area contributed by atoms with Crippen molar-refractivity contribution in [1.29, 1.82) is 0 Å². The van der Waals surface area contributed by atoms with Crippen LogP contribution in [0.1, 0.15) is 81.8 Å². The summed E-state index contributed by atoms with van der Waals surface area (Å²) in [5, 5.41) is 0. The summed E-state index contributed by atoms with van der Waals surface area (Å²) in [6.45, 7) is 0. The van der Waals surface area contributed by atoms with E-state index in [1.165, 1.54) is 55.7 Å². The molecule has 60 heavy (non-hydrogen) atoms. The number of benzene rings is 4. The molecule has 6 aliphatic rings. The third kappa shape index (κ3) is 6.21. The highest BCUT2D eigenvalue weighted by Gasteiger charge is 2.48. The summed E-state index contributed by atoms with van der Waals surface area (Å²) in [7, 11) is 0. The van der Waals surface area contributed by atoms with Gasteiger partial charge in [-0.3, -0.25) is 9.98 Å². The molecular weight excluding hydrogens is 729 g/mol. The number of pyridine rings is 2. The van der Waals surface area contributed by atoms with Crippen molar-refractivity contribution in [1.82, 2.24) is 9.97 Å². The number of hydrogen-bond acceptors (Lipinski definition) is 4. The van der Waals surface area contributed by atoms with Crippen molar-refractivity contribution in [3.05, 3.63) is 232 Å². The van der Waals surface area contributed by atoms with Crippen molar-refractivity contribution >= 4 is 28.2 Å². The van der Waals surface area contributed by atoms with Gasteiger partial charge in [-0.1, -0.05) is 158 Å². The second-order valence-electron chi connectivity index (χ2n) is 17.1. The predicted molar refractivity (Wildman–Crippen MR) is 245 cm³/mol. The molecular formula is C56H44N4. The van der Waals surface area contributed by atoms with Gasteiger partial charge in [0.05, 0.1) is 28.5 Å². The Hall–Kier alpha value is -6.78. The van der Waals surface area contributed by atoms with Gasteiger partial charge < -0.3 is 0 Å². The lowest BCUT2D eigenvalue weighted by Gasteiger charge is -2.24. The summed E-state index contributed by atoms with van der Waals surface area (Å²) >= 11 is 0. The van der Waals surface area contributed by atoms with Crippen LogP contribution in [0.3, 0.4) is 0 Å². The molecule has 0 bridgehead atoms. The molecule has 5 aliphatic carbocycles. The highest BCUT2D eigenvalue weighted by molar-refractivity contribution is 6.14. The Kier molecular flexibility index (Phi) is 8.50. The van der Waals surface area contributed by atoms with E-state index in [0.29, 0.717) is 29.6 Å². The van der Waals surface area contributed by atoms with Gasteiger partial charge in [0.1, 0.15) is 0 Å². The summed E-state index contributed by atoms with van der Waals surface area (Å²) < 4.78 is 0. The molecule has 1 aliphatic heterocycles. The summed E-state index contributed by atoms with van der Waals surface area (Å²) in [6.07, 6.45) is 28.9. The molecule has 0 N–H and O–H groups in total. The van der Waals surface area contributed by atoms with Gasteiger partial charge in [-0.25, -0.2) is 9.98 Å². The van der Waals surface area contributed by atoms with E-state index < -0.39 is 0 Å². The normalized spacial score (nSPS) is 24.5. The Morgan fingerprint density at radius 1 is 0.617 bits per heavy atom. The average Bonchev–Trinajstić information content (AvgIpc) is 3.93. The molecule has 5 unspecified atom stereocenters. The summed E-state index contributed by atoms with van der Waals surface area (Å²) in [5.41, 5.74) is 18.2. The van der Waals surface area contributed by atoms with Crippen molar-refractivity contribution in [3.63, 3.8) is 0 Å². The van der Waals surface area contributed by atoms with Crippen molar-refractivity contribution < 1.29 is 0 Å². The molecule has 12 rings (SSSR count). The van der Waals surface area contributed by atoms with Gasteiger partial charge in [-0.2, -0.15) is 0 Å². The van der Waals surface area contributed by atoms with Crippen LogP contribution in [0.2, 0.25) is 0 Å². The van der Waals surface area contributed by atoms with Crippen molar-refractivity contribution in [2.45, 2.75) is 43.6 Å². The van der Waals surface area contributed by atoms with E-state index in [0.717, 1.165) is 59.5 Å². The van der Waals surface area contributed by atoms with Gasteiger partial charge in [0.25, 0.3) is 0 Å². The molecule has 4 nitrogen and oxygen atoms in total. The number of hydrogen-bond donors (Lipinski definition) is 0. The maximum absolute atomic E-state index is 5.29. The fraction of sp³-hybridized carbons (Fsp3) is 0.179. The van der Waals surface area contributed by atoms with E-state index in [2.05, 4.69) is 170 Å². The quantitative estimate of drug-likeness (QED) is 0.162. The second kappa shape index (κ2) is 14.5. The minimum Gasteiger partial charge on any atom is -0.258 e. The van der Waals surface area contributed by atoms with Gasteiger partial charge in [0.15, 0.2) is 5.84 Å². The first-order valence-electron chi connectivity index (χ1n) is 21.6. The van der Waals surface area contributed by atoms with E-state index in [4.69, 9.17) is 20.0 Å². The SMILES string of the molecule is C1=CC2C(C=C1)C2c1ccc(C2=NC(c3ccccc3)CC(c3cccc(C4C=CC(C5C=CC(c6nc7cccnc7c7c6Cc6ccccc6-7)=CC5)=CC4)c3)=N2)cc1. The molecule has 0 saturated heterocycles. The van der Waals surface area contributed by atoms with Gasteiger partial charge in [0.2, 0.25) is 0 Å². The van der Waals surface area contributed by atoms with Crippen molar-refractivity contribution in [2.24, 2.45) is 27.7 Å². The molecule has 4 aromatic carbocycles. The first-order chi connectivity index (χ1) is 29.7. The van der Waals surface area contributed by atoms with Crippen LogP contribution in [-0.4, -0.2) is 21.5 Å².